The summed E-state index contributed by atoms with van der Waals surface area (Å²) in [5.41, 5.74) is 0. The molecule has 1 fully saturated rings. The normalized spacial score (nSPS) is 25.4. The molecule has 0 bridgehead atoms. The largest absolute Gasteiger partial charge is 0.474 e. The molecular formula is C10H14BrN3O2. The molecule has 1 aliphatic rings. The fourth-order valence-corrected chi connectivity index (χ4v) is 1.89. The molecule has 6 heteroatoms. The van der Waals surface area contributed by atoms with Gasteiger partial charge in [0.1, 0.15) is 19.0 Å². The predicted octanol–water partition coefficient (Wildman–Crippen LogP) is 0.995. The topological polar surface area (TPSA) is 56.3 Å². The summed E-state index contributed by atoms with van der Waals surface area (Å²) in [6.45, 7) is 4.24. The van der Waals surface area contributed by atoms with Gasteiger partial charge in [0.05, 0.1) is 10.6 Å². The van der Waals surface area contributed by atoms with Crippen LogP contribution in [-0.2, 0) is 4.74 Å². The average Bonchev–Trinajstić information content (AvgIpc) is 2.28. The van der Waals surface area contributed by atoms with Crippen LogP contribution in [0.1, 0.15) is 6.92 Å². The van der Waals surface area contributed by atoms with Crippen molar-refractivity contribution in [1.82, 2.24) is 15.3 Å². The summed E-state index contributed by atoms with van der Waals surface area (Å²) in [4.78, 5) is 7.90. The maximum absolute atomic E-state index is 5.70. The number of hydrogen-bond acceptors (Lipinski definition) is 5. The number of nitrogens with one attached hydrogen (secondary N) is 1. The van der Waals surface area contributed by atoms with E-state index in [1.165, 1.54) is 6.33 Å². The Morgan fingerprint density at radius 1 is 1.62 bits per heavy atom. The molecule has 1 aliphatic heterocycles. The minimum atomic E-state index is 0.0746. The molecule has 0 radical (unpaired) electrons. The molecule has 0 spiro atoms. The molecule has 1 aromatic heterocycles. The van der Waals surface area contributed by atoms with Crippen LogP contribution in [0.3, 0.4) is 0 Å². The molecule has 2 atom stereocenters. The molecule has 2 rings (SSSR count). The van der Waals surface area contributed by atoms with E-state index in [9.17, 15) is 0 Å². The van der Waals surface area contributed by atoms with Gasteiger partial charge >= 0.3 is 0 Å². The van der Waals surface area contributed by atoms with E-state index < -0.39 is 0 Å². The van der Waals surface area contributed by atoms with E-state index in [1.54, 1.807) is 6.20 Å². The molecule has 0 aliphatic carbocycles. The van der Waals surface area contributed by atoms with Crippen LogP contribution in [0.5, 0.6) is 5.88 Å². The fourth-order valence-electron chi connectivity index (χ4n) is 1.55. The zero-order chi connectivity index (χ0) is 11.4. The average molecular weight is 288 g/mol. The molecule has 88 valence electrons. The highest BCUT2D eigenvalue weighted by atomic mass is 79.9. The molecule has 2 unspecified atom stereocenters. The lowest BCUT2D eigenvalue weighted by Gasteiger charge is -2.28. The molecule has 0 saturated carbocycles. The van der Waals surface area contributed by atoms with Crippen molar-refractivity contribution >= 4 is 15.9 Å². The highest BCUT2D eigenvalue weighted by Gasteiger charge is 2.19. The van der Waals surface area contributed by atoms with Crippen LogP contribution in [0.2, 0.25) is 0 Å². The lowest BCUT2D eigenvalue weighted by molar-refractivity contribution is -0.0477. The fraction of sp³-hybridized carbons (Fsp3) is 0.600. The summed E-state index contributed by atoms with van der Waals surface area (Å²) in [6.07, 6.45) is 3.43. The summed E-state index contributed by atoms with van der Waals surface area (Å²) in [6, 6.07) is 0. The zero-order valence-electron chi connectivity index (χ0n) is 9.02. The number of morpholine rings is 1. The first-order valence-electron chi connectivity index (χ1n) is 5.20. The van der Waals surface area contributed by atoms with Gasteiger partial charge in [-0.15, -0.1) is 0 Å². The summed E-state index contributed by atoms with van der Waals surface area (Å²) in [5.74, 6) is 0.553. The Kier molecular flexibility index (Phi) is 4.09. The van der Waals surface area contributed by atoms with Gasteiger partial charge in [0.2, 0.25) is 5.88 Å². The SMILES string of the molecule is CC1CNCC(COc2ncncc2Br)O1. The molecule has 1 saturated heterocycles. The van der Waals surface area contributed by atoms with Crippen LogP contribution in [-0.4, -0.2) is 41.9 Å². The Labute approximate surface area is 103 Å². The van der Waals surface area contributed by atoms with Gasteiger partial charge in [0, 0.05) is 19.3 Å². The van der Waals surface area contributed by atoms with E-state index in [1.807, 2.05) is 6.92 Å². The number of ether oxygens (including phenoxy) is 2. The Bertz CT molecular complexity index is 351. The Balaban J connectivity index is 1.85. The standard InChI is InChI=1S/C10H14BrN3O2/c1-7-2-12-3-8(16-7)5-15-10-9(11)4-13-6-14-10/h4,6-8,12H,2-3,5H2,1H3. The molecule has 16 heavy (non-hydrogen) atoms. The smallest absolute Gasteiger partial charge is 0.231 e. The first-order valence-corrected chi connectivity index (χ1v) is 5.99. The third-order valence-electron chi connectivity index (χ3n) is 2.27. The van der Waals surface area contributed by atoms with Crippen LogP contribution in [0.15, 0.2) is 17.0 Å². The summed E-state index contributed by atoms with van der Waals surface area (Å²) in [7, 11) is 0. The second kappa shape index (κ2) is 5.56. The van der Waals surface area contributed by atoms with Crippen molar-refractivity contribution in [1.29, 1.82) is 0 Å². The number of aromatic nitrogens is 2. The summed E-state index contributed by atoms with van der Waals surface area (Å²) < 4.78 is 12.0. The van der Waals surface area contributed by atoms with Crippen LogP contribution >= 0.6 is 15.9 Å². The van der Waals surface area contributed by atoms with Gasteiger partial charge in [0.25, 0.3) is 0 Å². The first kappa shape index (κ1) is 11.8. The van der Waals surface area contributed by atoms with Crippen LogP contribution in [0.4, 0.5) is 0 Å². The summed E-state index contributed by atoms with van der Waals surface area (Å²) >= 11 is 3.33. The molecule has 1 N–H and O–H groups in total. The third kappa shape index (κ3) is 3.13. The second-order valence-corrected chi connectivity index (χ2v) is 4.57. The molecule has 2 heterocycles. The maximum Gasteiger partial charge on any atom is 0.231 e. The number of nitrogens with zero attached hydrogens (tertiary/aromatic N) is 2. The molecule has 5 nitrogen and oxygen atoms in total. The van der Waals surface area contributed by atoms with Crippen molar-refractivity contribution in [3.63, 3.8) is 0 Å². The minimum Gasteiger partial charge on any atom is -0.474 e. The van der Waals surface area contributed by atoms with Gasteiger partial charge in [0.15, 0.2) is 0 Å². The second-order valence-electron chi connectivity index (χ2n) is 3.71. The van der Waals surface area contributed by atoms with Gasteiger partial charge < -0.3 is 14.8 Å². The highest BCUT2D eigenvalue weighted by molar-refractivity contribution is 9.10. The van der Waals surface area contributed by atoms with Crippen LogP contribution in [0, 0.1) is 0 Å². The molecule has 1 aromatic rings. The van der Waals surface area contributed by atoms with Gasteiger partial charge in [-0.1, -0.05) is 0 Å². The van der Waals surface area contributed by atoms with E-state index in [4.69, 9.17) is 9.47 Å². The van der Waals surface area contributed by atoms with Crippen molar-refractivity contribution in [2.24, 2.45) is 0 Å². The quantitative estimate of drug-likeness (QED) is 0.899. The minimum absolute atomic E-state index is 0.0746. The highest BCUT2D eigenvalue weighted by Crippen LogP contribution is 2.20. The lowest BCUT2D eigenvalue weighted by Crippen LogP contribution is -2.45. The Morgan fingerprint density at radius 2 is 2.50 bits per heavy atom. The Hall–Kier alpha value is -0.720. The van der Waals surface area contributed by atoms with Gasteiger partial charge in [-0.25, -0.2) is 9.97 Å². The number of halogens is 1. The molecule has 0 amide bonds. The zero-order valence-corrected chi connectivity index (χ0v) is 10.6. The van der Waals surface area contributed by atoms with Crippen molar-refractivity contribution in [2.75, 3.05) is 19.7 Å². The van der Waals surface area contributed by atoms with Crippen molar-refractivity contribution in [2.45, 2.75) is 19.1 Å². The predicted molar refractivity (Wildman–Crippen MR) is 62.4 cm³/mol. The molecule has 0 aromatic carbocycles. The van der Waals surface area contributed by atoms with Crippen molar-refractivity contribution in [3.8, 4) is 5.88 Å². The number of hydrogen-bond donors (Lipinski definition) is 1. The van der Waals surface area contributed by atoms with Gasteiger partial charge in [-0.05, 0) is 22.9 Å². The van der Waals surface area contributed by atoms with Gasteiger partial charge in [-0.3, -0.25) is 0 Å². The number of rotatable bonds is 3. The maximum atomic E-state index is 5.70. The van der Waals surface area contributed by atoms with Crippen molar-refractivity contribution in [3.05, 3.63) is 17.0 Å². The van der Waals surface area contributed by atoms with Crippen LogP contribution < -0.4 is 10.1 Å². The van der Waals surface area contributed by atoms with Crippen molar-refractivity contribution < 1.29 is 9.47 Å². The summed E-state index contributed by atoms with van der Waals surface area (Å²) in [5, 5.41) is 3.29. The van der Waals surface area contributed by atoms with Gasteiger partial charge in [-0.2, -0.15) is 0 Å². The molecular weight excluding hydrogens is 274 g/mol. The Morgan fingerprint density at radius 3 is 3.25 bits per heavy atom. The van der Waals surface area contributed by atoms with E-state index in [2.05, 4.69) is 31.2 Å². The first-order chi connectivity index (χ1) is 7.75. The van der Waals surface area contributed by atoms with E-state index >= 15 is 0 Å². The lowest BCUT2D eigenvalue weighted by atomic mass is 10.2. The van der Waals surface area contributed by atoms with E-state index in [0.717, 1.165) is 17.6 Å². The third-order valence-corrected chi connectivity index (χ3v) is 2.81. The van der Waals surface area contributed by atoms with E-state index in [0.29, 0.717) is 12.5 Å². The van der Waals surface area contributed by atoms with Crippen LogP contribution in [0.25, 0.3) is 0 Å². The van der Waals surface area contributed by atoms with E-state index in [-0.39, 0.29) is 12.2 Å². The monoisotopic (exact) mass is 287 g/mol.